The second kappa shape index (κ2) is 12.0. The number of guanidine groups is 1. The monoisotopic (exact) mass is 562 g/mol. The molecule has 28 heavy (non-hydrogen) atoms. The number of nitrogens with one attached hydrogen (secondary N) is 2. The molecule has 5 nitrogen and oxygen atoms in total. The second-order valence-electron chi connectivity index (χ2n) is 6.24. The van der Waals surface area contributed by atoms with E-state index in [1.165, 1.54) is 12.1 Å². The third-order valence-electron chi connectivity index (χ3n) is 3.96. The Labute approximate surface area is 191 Å². The minimum absolute atomic E-state index is 0. The zero-order valence-electron chi connectivity index (χ0n) is 16.1. The summed E-state index contributed by atoms with van der Waals surface area (Å²) in [6, 6.07) is 12.2. The largest absolute Gasteiger partial charge is 0.356 e. The number of aliphatic imine (C=N–C) groups is 1. The van der Waals surface area contributed by atoms with Gasteiger partial charge in [-0.25, -0.2) is 4.39 Å². The molecule has 0 saturated carbocycles. The Hall–Kier alpha value is -1.68. The zero-order chi connectivity index (χ0) is 19.8. The van der Waals surface area contributed by atoms with E-state index in [1.807, 2.05) is 24.3 Å². The summed E-state index contributed by atoms with van der Waals surface area (Å²) in [5.41, 5.74) is 2.56. The summed E-state index contributed by atoms with van der Waals surface area (Å²) in [6.07, 6.45) is 0.749. The topological polar surface area (TPSA) is 56.7 Å². The van der Waals surface area contributed by atoms with Crippen molar-refractivity contribution in [2.24, 2.45) is 4.99 Å². The van der Waals surface area contributed by atoms with Crippen LogP contribution >= 0.6 is 39.9 Å². The van der Waals surface area contributed by atoms with Crippen LogP contribution in [0.15, 0.2) is 51.9 Å². The van der Waals surface area contributed by atoms with Gasteiger partial charge in [0.25, 0.3) is 5.91 Å². The van der Waals surface area contributed by atoms with Crippen LogP contribution in [0.1, 0.15) is 21.5 Å². The van der Waals surface area contributed by atoms with Crippen molar-refractivity contribution in [3.8, 4) is 0 Å². The zero-order valence-corrected chi connectivity index (χ0v) is 20.0. The molecule has 0 aromatic heterocycles. The summed E-state index contributed by atoms with van der Waals surface area (Å²) in [5.74, 6) is 0.347. The van der Waals surface area contributed by atoms with Crippen LogP contribution in [0.25, 0.3) is 0 Å². The van der Waals surface area contributed by atoms with Crippen molar-refractivity contribution in [1.82, 2.24) is 15.5 Å². The molecule has 152 valence electrons. The molecule has 0 spiro atoms. The van der Waals surface area contributed by atoms with E-state index in [0.29, 0.717) is 24.6 Å². The summed E-state index contributed by atoms with van der Waals surface area (Å²) in [5, 5.41) is 6.39. The molecule has 2 aromatic carbocycles. The lowest BCUT2D eigenvalue weighted by atomic mass is 10.1. The average molecular weight is 563 g/mol. The van der Waals surface area contributed by atoms with Crippen molar-refractivity contribution >= 4 is 51.8 Å². The molecule has 0 unspecified atom stereocenters. The summed E-state index contributed by atoms with van der Waals surface area (Å²) < 4.78 is 14.2. The maximum absolute atomic E-state index is 13.4. The molecular formula is C20H25BrFIN4O. The summed E-state index contributed by atoms with van der Waals surface area (Å²) in [6.45, 7) is 1.11. The number of hydrogen-bond acceptors (Lipinski definition) is 2. The lowest BCUT2D eigenvalue weighted by Crippen LogP contribution is -2.38. The second-order valence-corrected chi connectivity index (χ2v) is 7.09. The van der Waals surface area contributed by atoms with Gasteiger partial charge in [-0.05, 0) is 47.9 Å². The summed E-state index contributed by atoms with van der Waals surface area (Å²) >= 11 is 3.42. The fraction of sp³-hybridized carbons (Fsp3) is 0.300. The molecule has 0 bridgehead atoms. The Morgan fingerprint density at radius 1 is 1.18 bits per heavy atom. The van der Waals surface area contributed by atoms with E-state index in [4.69, 9.17) is 0 Å². The van der Waals surface area contributed by atoms with Crippen LogP contribution in [-0.4, -0.2) is 44.5 Å². The van der Waals surface area contributed by atoms with Crippen LogP contribution in [0.2, 0.25) is 0 Å². The van der Waals surface area contributed by atoms with Crippen molar-refractivity contribution in [2.45, 2.75) is 13.0 Å². The van der Waals surface area contributed by atoms with Crippen LogP contribution in [0, 0.1) is 5.82 Å². The van der Waals surface area contributed by atoms with Gasteiger partial charge in [0.2, 0.25) is 0 Å². The number of amides is 1. The van der Waals surface area contributed by atoms with Crippen molar-refractivity contribution in [3.63, 3.8) is 0 Å². The van der Waals surface area contributed by atoms with Gasteiger partial charge in [-0.1, -0.05) is 28.1 Å². The third kappa shape index (κ3) is 7.38. The molecule has 0 fully saturated rings. The van der Waals surface area contributed by atoms with Crippen molar-refractivity contribution in [2.75, 3.05) is 27.7 Å². The molecule has 8 heteroatoms. The summed E-state index contributed by atoms with van der Waals surface area (Å²) in [4.78, 5) is 17.8. The molecule has 0 aliphatic rings. The van der Waals surface area contributed by atoms with Gasteiger partial charge in [-0.2, -0.15) is 0 Å². The fourth-order valence-electron chi connectivity index (χ4n) is 2.52. The first kappa shape index (κ1) is 24.4. The lowest BCUT2D eigenvalue weighted by Gasteiger charge is -2.14. The van der Waals surface area contributed by atoms with Gasteiger partial charge < -0.3 is 15.5 Å². The fourth-order valence-corrected chi connectivity index (χ4v) is 2.91. The number of rotatable bonds is 6. The minimum atomic E-state index is -0.273. The highest BCUT2D eigenvalue weighted by molar-refractivity contribution is 14.0. The minimum Gasteiger partial charge on any atom is -0.356 e. The predicted molar refractivity (Wildman–Crippen MR) is 126 cm³/mol. The molecule has 2 rings (SSSR count). The van der Waals surface area contributed by atoms with Crippen molar-refractivity contribution in [1.29, 1.82) is 0 Å². The maximum atomic E-state index is 13.4. The quantitative estimate of drug-likeness (QED) is 0.320. The predicted octanol–water partition coefficient (Wildman–Crippen LogP) is 3.82. The molecule has 1 amide bonds. The highest BCUT2D eigenvalue weighted by Gasteiger charge is 2.08. The molecule has 2 aromatic rings. The lowest BCUT2D eigenvalue weighted by molar-refractivity contribution is 0.0827. The molecule has 0 heterocycles. The Balaban J connectivity index is 0.00000392. The molecule has 0 saturated heterocycles. The molecule has 2 N–H and O–H groups in total. The van der Waals surface area contributed by atoms with Gasteiger partial charge in [0, 0.05) is 44.3 Å². The number of benzene rings is 2. The molecule has 0 atom stereocenters. The Bertz CT molecular complexity index is 830. The van der Waals surface area contributed by atoms with E-state index in [9.17, 15) is 9.18 Å². The first-order valence-electron chi connectivity index (χ1n) is 8.59. The average Bonchev–Trinajstić information content (AvgIpc) is 2.66. The third-order valence-corrected chi connectivity index (χ3v) is 4.74. The van der Waals surface area contributed by atoms with Crippen molar-refractivity contribution < 1.29 is 9.18 Å². The van der Waals surface area contributed by atoms with Gasteiger partial charge >= 0.3 is 0 Å². The highest BCUT2D eigenvalue weighted by atomic mass is 127. The van der Waals surface area contributed by atoms with E-state index in [2.05, 4.69) is 31.6 Å². The Morgan fingerprint density at radius 2 is 1.93 bits per heavy atom. The van der Waals surface area contributed by atoms with Crippen LogP contribution in [0.3, 0.4) is 0 Å². The van der Waals surface area contributed by atoms with Gasteiger partial charge in [-0.3, -0.25) is 9.79 Å². The number of nitrogens with zero attached hydrogens (tertiary/aromatic N) is 2. The molecule has 0 aliphatic heterocycles. The molecule has 0 radical (unpaired) electrons. The Kier molecular flexibility index (Phi) is 10.4. The van der Waals surface area contributed by atoms with E-state index in [1.54, 1.807) is 32.1 Å². The van der Waals surface area contributed by atoms with Crippen LogP contribution in [0.4, 0.5) is 4.39 Å². The Morgan fingerprint density at radius 3 is 2.61 bits per heavy atom. The van der Waals surface area contributed by atoms with E-state index >= 15 is 0 Å². The first-order valence-corrected chi connectivity index (χ1v) is 9.39. The van der Waals surface area contributed by atoms with E-state index in [-0.39, 0.29) is 35.7 Å². The highest BCUT2D eigenvalue weighted by Crippen LogP contribution is 2.17. The number of carbonyl (C=O) groups is 1. The smallest absolute Gasteiger partial charge is 0.253 e. The summed E-state index contributed by atoms with van der Waals surface area (Å²) in [7, 11) is 5.17. The maximum Gasteiger partial charge on any atom is 0.253 e. The van der Waals surface area contributed by atoms with Gasteiger partial charge in [0.05, 0.1) is 0 Å². The van der Waals surface area contributed by atoms with Crippen LogP contribution in [-0.2, 0) is 13.0 Å². The normalized spacial score (nSPS) is 10.8. The molecular weight excluding hydrogens is 538 g/mol. The van der Waals surface area contributed by atoms with Crippen LogP contribution in [0.5, 0.6) is 0 Å². The number of halogens is 3. The molecule has 0 aliphatic carbocycles. The first-order chi connectivity index (χ1) is 12.9. The number of carbonyl (C=O) groups excluding carboxylic acids is 1. The van der Waals surface area contributed by atoms with Crippen LogP contribution < -0.4 is 10.6 Å². The van der Waals surface area contributed by atoms with E-state index < -0.39 is 0 Å². The van der Waals surface area contributed by atoms with E-state index in [0.717, 1.165) is 22.0 Å². The van der Waals surface area contributed by atoms with Gasteiger partial charge in [0.15, 0.2) is 5.96 Å². The SMILES string of the molecule is CN=C(NCCc1cccc(C(=O)N(C)C)c1)NCc1cc(F)ccc1Br.I. The van der Waals surface area contributed by atoms with Gasteiger partial charge in [-0.15, -0.1) is 24.0 Å². The van der Waals surface area contributed by atoms with Crippen molar-refractivity contribution in [3.05, 3.63) is 69.4 Å². The number of hydrogen-bond donors (Lipinski definition) is 2. The standard InChI is InChI=1S/C20H24BrFN4O.HI/c1-23-20(25-13-16-12-17(22)7-8-18(16)21)24-10-9-14-5-4-6-15(11-14)19(27)26(2)3;/h4-8,11-12H,9-10,13H2,1-3H3,(H2,23,24,25);1H. The van der Waals surface area contributed by atoms with Gasteiger partial charge in [0.1, 0.15) is 5.82 Å².